The van der Waals surface area contributed by atoms with Crippen LogP contribution in [0.3, 0.4) is 0 Å². The van der Waals surface area contributed by atoms with Gasteiger partial charge in [0.2, 0.25) is 0 Å². The molecule has 0 saturated carbocycles. The van der Waals surface area contributed by atoms with Crippen molar-refractivity contribution < 1.29 is 14.3 Å². The minimum atomic E-state index is -0.276. The molecule has 1 saturated heterocycles. The first-order valence-corrected chi connectivity index (χ1v) is 6.15. The van der Waals surface area contributed by atoms with Gasteiger partial charge in [0, 0.05) is 24.6 Å². The molecule has 0 aliphatic carbocycles. The summed E-state index contributed by atoms with van der Waals surface area (Å²) in [6.07, 6.45) is 2.81. The highest BCUT2D eigenvalue weighted by Crippen LogP contribution is 2.22. The number of aryl methyl sites for hydroxylation is 1. The van der Waals surface area contributed by atoms with E-state index in [0.29, 0.717) is 25.3 Å². The summed E-state index contributed by atoms with van der Waals surface area (Å²) in [5, 5.41) is 9.79. The highest BCUT2D eigenvalue weighted by molar-refractivity contribution is 5.92. The molecule has 4 nitrogen and oxygen atoms in total. The molecule has 94 valence electrons. The number of aliphatic hydroxyl groups excluding tert-OH is 1. The van der Waals surface area contributed by atoms with Crippen LogP contribution in [0, 0.1) is 12.8 Å². The van der Waals surface area contributed by atoms with Gasteiger partial charge in [-0.3, -0.25) is 4.79 Å². The van der Waals surface area contributed by atoms with Crippen molar-refractivity contribution in [2.24, 2.45) is 5.92 Å². The number of furan rings is 1. The van der Waals surface area contributed by atoms with Crippen molar-refractivity contribution in [3.8, 4) is 0 Å². The minimum absolute atomic E-state index is 0.0575. The molecule has 2 unspecified atom stereocenters. The number of amides is 1. The lowest BCUT2D eigenvalue weighted by molar-refractivity contribution is 0.0212. The third-order valence-corrected chi connectivity index (χ3v) is 3.56. The zero-order valence-corrected chi connectivity index (χ0v) is 10.3. The molecule has 2 atom stereocenters. The van der Waals surface area contributed by atoms with E-state index in [1.165, 1.54) is 0 Å². The Labute approximate surface area is 101 Å². The second-order valence-corrected chi connectivity index (χ2v) is 4.71. The molecule has 2 rings (SSSR count). The maximum atomic E-state index is 12.2. The van der Waals surface area contributed by atoms with E-state index in [1.807, 2.05) is 13.8 Å². The Balaban J connectivity index is 2.09. The lowest BCUT2D eigenvalue weighted by Gasteiger charge is -2.35. The largest absolute Gasteiger partial charge is 0.459 e. The van der Waals surface area contributed by atoms with E-state index >= 15 is 0 Å². The number of carbonyl (C=O) groups excluding carboxylic acids is 1. The number of aliphatic hydroxyl groups is 1. The summed E-state index contributed by atoms with van der Waals surface area (Å²) in [5.41, 5.74) is 0.870. The maximum Gasteiger partial charge on any atom is 0.289 e. The van der Waals surface area contributed by atoms with Gasteiger partial charge >= 0.3 is 0 Å². The van der Waals surface area contributed by atoms with E-state index in [2.05, 4.69) is 0 Å². The molecule has 0 spiro atoms. The topological polar surface area (TPSA) is 53.7 Å². The van der Waals surface area contributed by atoms with Crippen LogP contribution in [0.4, 0.5) is 0 Å². The van der Waals surface area contributed by atoms with Gasteiger partial charge in [-0.2, -0.15) is 0 Å². The maximum absolute atomic E-state index is 12.2. The number of likely N-dealkylation sites (tertiary alicyclic amines) is 1. The van der Waals surface area contributed by atoms with E-state index in [-0.39, 0.29) is 17.9 Å². The Morgan fingerprint density at radius 2 is 2.41 bits per heavy atom. The highest BCUT2D eigenvalue weighted by atomic mass is 16.3. The van der Waals surface area contributed by atoms with Crippen molar-refractivity contribution in [2.75, 3.05) is 13.1 Å². The van der Waals surface area contributed by atoms with Gasteiger partial charge in [-0.25, -0.2) is 0 Å². The van der Waals surface area contributed by atoms with E-state index in [1.54, 1.807) is 17.2 Å². The smallest absolute Gasteiger partial charge is 0.289 e. The lowest BCUT2D eigenvalue weighted by Crippen LogP contribution is -2.45. The van der Waals surface area contributed by atoms with Crippen molar-refractivity contribution in [3.63, 3.8) is 0 Å². The summed E-state index contributed by atoms with van der Waals surface area (Å²) in [7, 11) is 0. The second-order valence-electron chi connectivity index (χ2n) is 4.71. The molecule has 0 radical (unpaired) electrons. The molecule has 1 aromatic heterocycles. The minimum Gasteiger partial charge on any atom is -0.459 e. The summed E-state index contributed by atoms with van der Waals surface area (Å²) >= 11 is 0. The number of nitrogens with zero attached hydrogens (tertiary/aromatic N) is 1. The summed E-state index contributed by atoms with van der Waals surface area (Å²) < 4.78 is 5.22. The van der Waals surface area contributed by atoms with Gasteiger partial charge in [-0.05, 0) is 25.8 Å². The molecular weight excluding hydrogens is 218 g/mol. The Morgan fingerprint density at radius 1 is 1.65 bits per heavy atom. The van der Waals surface area contributed by atoms with Crippen molar-refractivity contribution in [2.45, 2.75) is 32.8 Å². The number of piperidine rings is 1. The third kappa shape index (κ3) is 2.36. The first kappa shape index (κ1) is 12.2. The van der Waals surface area contributed by atoms with E-state index in [0.717, 1.165) is 12.0 Å². The van der Waals surface area contributed by atoms with Crippen LogP contribution in [-0.2, 0) is 0 Å². The molecule has 0 bridgehead atoms. The van der Waals surface area contributed by atoms with E-state index in [4.69, 9.17) is 4.42 Å². The normalized spacial score (nSPS) is 25.0. The van der Waals surface area contributed by atoms with Gasteiger partial charge in [0.25, 0.3) is 5.91 Å². The zero-order valence-electron chi connectivity index (χ0n) is 10.3. The average molecular weight is 237 g/mol. The van der Waals surface area contributed by atoms with Gasteiger partial charge in [-0.15, -0.1) is 0 Å². The first-order valence-electron chi connectivity index (χ1n) is 6.15. The van der Waals surface area contributed by atoms with Gasteiger partial charge in [0.05, 0.1) is 12.4 Å². The lowest BCUT2D eigenvalue weighted by atomic mass is 9.92. The second kappa shape index (κ2) is 4.92. The van der Waals surface area contributed by atoms with Crippen molar-refractivity contribution in [1.29, 1.82) is 0 Å². The van der Waals surface area contributed by atoms with Crippen molar-refractivity contribution in [3.05, 3.63) is 23.7 Å². The fourth-order valence-electron chi connectivity index (χ4n) is 2.34. The molecule has 1 N–H and O–H groups in total. The molecule has 17 heavy (non-hydrogen) atoms. The van der Waals surface area contributed by atoms with Gasteiger partial charge in [-0.1, -0.05) is 6.92 Å². The monoisotopic (exact) mass is 237 g/mol. The van der Waals surface area contributed by atoms with Gasteiger partial charge in [0.15, 0.2) is 5.76 Å². The Hall–Kier alpha value is -1.29. The first-order chi connectivity index (χ1) is 8.13. The van der Waals surface area contributed by atoms with Gasteiger partial charge < -0.3 is 14.4 Å². The molecule has 1 aromatic rings. The van der Waals surface area contributed by atoms with Crippen LogP contribution in [0.2, 0.25) is 0 Å². The quantitative estimate of drug-likeness (QED) is 0.853. The fourth-order valence-corrected chi connectivity index (χ4v) is 2.34. The molecule has 1 aliphatic heterocycles. The van der Waals surface area contributed by atoms with E-state index in [9.17, 15) is 9.90 Å². The standard InChI is InChI=1S/C13H19NO3/c1-3-10-8-14(6-4-11(10)15)13(16)12-9(2)5-7-17-12/h5,7,10-11,15H,3-4,6,8H2,1-2H3. The number of hydrogen-bond acceptors (Lipinski definition) is 3. The molecule has 1 fully saturated rings. The van der Waals surface area contributed by atoms with Crippen LogP contribution in [0.1, 0.15) is 35.9 Å². The predicted octanol–water partition coefficient (Wildman–Crippen LogP) is 1.82. The summed E-state index contributed by atoms with van der Waals surface area (Å²) in [6.45, 7) is 5.14. The van der Waals surface area contributed by atoms with Crippen LogP contribution < -0.4 is 0 Å². The third-order valence-electron chi connectivity index (χ3n) is 3.56. The molecule has 0 aromatic carbocycles. The summed E-state index contributed by atoms with van der Waals surface area (Å²) in [4.78, 5) is 14.0. The average Bonchev–Trinajstić information content (AvgIpc) is 2.75. The van der Waals surface area contributed by atoms with Crippen LogP contribution in [0.5, 0.6) is 0 Å². The summed E-state index contributed by atoms with van der Waals surface area (Å²) in [6, 6.07) is 1.79. The number of hydrogen-bond donors (Lipinski definition) is 1. The SMILES string of the molecule is CCC1CN(C(=O)c2occc2C)CCC1O. The Kier molecular flexibility index (Phi) is 3.52. The fraction of sp³-hybridized carbons (Fsp3) is 0.615. The molecular formula is C13H19NO3. The van der Waals surface area contributed by atoms with Crippen LogP contribution in [-0.4, -0.2) is 35.1 Å². The van der Waals surface area contributed by atoms with Crippen LogP contribution >= 0.6 is 0 Å². The highest BCUT2D eigenvalue weighted by Gasteiger charge is 2.30. The Bertz CT molecular complexity index is 399. The van der Waals surface area contributed by atoms with Crippen molar-refractivity contribution in [1.82, 2.24) is 4.90 Å². The predicted molar refractivity (Wildman–Crippen MR) is 63.8 cm³/mol. The van der Waals surface area contributed by atoms with Gasteiger partial charge in [0.1, 0.15) is 0 Å². The molecule has 1 amide bonds. The van der Waals surface area contributed by atoms with Crippen LogP contribution in [0.25, 0.3) is 0 Å². The van der Waals surface area contributed by atoms with E-state index < -0.39 is 0 Å². The summed E-state index contributed by atoms with van der Waals surface area (Å²) in [5.74, 6) is 0.553. The molecule has 2 heterocycles. The number of carbonyl (C=O) groups is 1. The van der Waals surface area contributed by atoms with Crippen molar-refractivity contribution >= 4 is 5.91 Å². The molecule has 4 heteroatoms. The molecule has 1 aliphatic rings. The Morgan fingerprint density at radius 3 is 3.00 bits per heavy atom. The van der Waals surface area contributed by atoms with Crippen LogP contribution in [0.15, 0.2) is 16.7 Å². The number of rotatable bonds is 2. The zero-order chi connectivity index (χ0) is 12.4.